The average molecular weight is 398 g/mol. The van der Waals surface area contributed by atoms with Crippen molar-refractivity contribution in [3.05, 3.63) is 71.0 Å². The Labute approximate surface area is 161 Å². The van der Waals surface area contributed by atoms with Gasteiger partial charge in [0, 0.05) is 11.3 Å². The Morgan fingerprint density at radius 2 is 1.96 bits per heavy atom. The molecule has 0 fully saturated rings. The number of anilines is 1. The molecular formula is C18H12F2N6OS. The minimum Gasteiger partial charge on any atom is -0.321 e. The third-order valence-corrected chi connectivity index (χ3v) is 4.92. The summed E-state index contributed by atoms with van der Waals surface area (Å²) in [6.45, 7) is 1.63. The average Bonchev–Trinajstić information content (AvgIpc) is 3.33. The molecule has 0 aliphatic rings. The van der Waals surface area contributed by atoms with Gasteiger partial charge in [-0.1, -0.05) is 12.1 Å². The highest BCUT2D eigenvalue weighted by Gasteiger charge is 2.16. The van der Waals surface area contributed by atoms with Crippen LogP contribution in [0.1, 0.15) is 15.5 Å². The van der Waals surface area contributed by atoms with Gasteiger partial charge in [-0.2, -0.15) is 4.68 Å². The highest BCUT2D eigenvalue weighted by molar-refractivity contribution is 7.17. The van der Waals surface area contributed by atoms with Crippen LogP contribution in [-0.4, -0.2) is 31.1 Å². The molecule has 0 saturated heterocycles. The number of tetrazole rings is 1. The molecule has 0 aliphatic carbocycles. The number of benzene rings is 2. The number of thiazole rings is 1. The van der Waals surface area contributed by atoms with E-state index in [0.29, 0.717) is 27.0 Å². The van der Waals surface area contributed by atoms with Crippen LogP contribution < -0.4 is 5.32 Å². The van der Waals surface area contributed by atoms with Crippen molar-refractivity contribution in [2.75, 3.05) is 5.32 Å². The lowest BCUT2D eigenvalue weighted by Crippen LogP contribution is -2.11. The molecule has 1 N–H and O–H groups in total. The first kappa shape index (κ1) is 17.9. The van der Waals surface area contributed by atoms with Gasteiger partial charge >= 0.3 is 0 Å². The Morgan fingerprint density at radius 1 is 1.14 bits per heavy atom. The van der Waals surface area contributed by atoms with Gasteiger partial charge in [-0.3, -0.25) is 4.79 Å². The zero-order valence-electron chi connectivity index (χ0n) is 14.4. The molecule has 1 amide bonds. The van der Waals surface area contributed by atoms with Gasteiger partial charge in [-0.25, -0.2) is 13.8 Å². The minimum atomic E-state index is -0.534. The summed E-state index contributed by atoms with van der Waals surface area (Å²) in [5.41, 5.74) is 0.790. The third kappa shape index (κ3) is 3.37. The summed E-state index contributed by atoms with van der Waals surface area (Å²) in [6.07, 6.45) is 1.37. The van der Waals surface area contributed by atoms with Crippen LogP contribution >= 0.6 is 11.3 Å². The number of carbonyl (C=O) groups is 1. The molecule has 140 valence electrons. The molecule has 2 aromatic heterocycles. The molecule has 7 nitrogen and oxygen atoms in total. The first-order valence-corrected chi connectivity index (χ1v) is 8.91. The van der Waals surface area contributed by atoms with Gasteiger partial charge in [-0.15, -0.1) is 16.4 Å². The van der Waals surface area contributed by atoms with E-state index in [1.807, 2.05) is 0 Å². The quantitative estimate of drug-likeness (QED) is 0.567. The van der Waals surface area contributed by atoms with Crippen molar-refractivity contribution < 1.29 is 13.6 Å². The van der Waals surface area contributed by atoms with Crippen molar-refractivity contribution >= 4 is 22.9 Å². The third-order valence-electron chi connectivity index (χ3n) is 3.89. The van der Waals surface area contributed by atoms with Gasteiger partial charge in [0.25, 0.3) is 5.91 Å². The number of hydrogen-bond acceptors (Lipinski definition) is 6. The molecule has 10 heteroatoms. The van der Waals surface area contributed by atoms with Crippen molar-refractivity contribution in [3.8, 4) is 16.3 Å². The molecular weight excluding hydrogens is 386 g/mol. The lowest BCUT2D eigenvalue weighted by Gasteiger charge is -2.08. The summed E-state index contributed by atoms with van der Waals surface area (Å²) in [6, 6.07) is 10.3. The van der Waals surface area contributed by atoms with Crippen LogP contribution in [0.5, 0.6) is 0 Å². The number of halogens is 2. The zero-order valence-corrected chi connectivity index (χ0v) is 15.2. The largest absolute Gasteiger partial charge is 0.321 e. The number of amides is 1. The Balaban J connectivity index is 1.58. The van der Waals surface area contributed by atoms with Gasteiger partial charge in [0.15, 0.2) is 5.82 Å². The van der Waals surface area contributed by atoms with Gasteiger partial charge in [0.05, 0.1) is 6.20 Å². The first-order chi connectivity index (χ1) is 13.5. The highest BCUT2D eigenvalue weighted by Crippen LogP contribution is 2.28. The van der Waals surface area contributed by atoms with Crippen molar-refractivity contribution in [1.29, 1.82) is 0 Å². The van der Waals surface area contributed by atoms with Gasteiger partial charge < -0.3 is 5.32 Å². The normalized spacial score (nSPS) is 10.8. The van der Waals surface area contributed by atoms with E-state index >= 15 is 0 Å². The number of aromatic nitrogens is 5. The summed E-state index contributed by atoms with van der Waals surface area (Å²) in [4.78, 5) is 16.9. The molecule has 4 aromatic rings. The summed E-state index contributed by atoms with van der Waals surface area (Å²) in [5.74, 6) is -0.984. The van der Waals surface area contributed by atoms with Crippen LogP contribution in [0.3, 0.4) is 0 Å². The number of hydrogen-bond donors (Lipinski definition) is 1. The van der Waals surface area contributed by atoms with E-state index in [0.717, 1.165) is 11.3 Å². The Hall–Kier alpha value is -3.53. The van der Waals surface area contributed by atoms with Crippen molar-refractivity contribution in [2.45, 2.75) is 6.92 Å². The Morgan fingerprint density at radius 3 is 2.71 bits per heavy atom. The van der Waals surface area contributed by atoms with Crippen molar-refractivity contribution in [1.82, 2.24) is 25.2 Å². The fourth-order valence-corrected chi connectivity index (χ4v) is 3.38. The molecule has 28 heavy (non-hydrogen) atoms. The number of aryl methyl sites for hydroxylation is 1. The molecule has 0 aliphatic heterocycles. The van der Waals surface area contributed by atoms with Crippen molar-refractivity contribution in [2.24, 2.45) is 0 Å². The standard InChI is InChI=1S/C18H12F2N6OS/c1-10-23-24-25-26(10)15-8-11(6-7-14(15)20)22-17(27)16-9-21-18(28-16)12-4-2-3-5-13(12)19/h2-9H,1H3,(H,22,27). The minimum absolute atomic E-state index is 0.108. The Bertz CT molecular complexity index is 1170. The van der Waals surface area contributed by atoms with E-state index in [2.05, 4.69) is 25.8 Å². The molecule has 0 unspecified atom stereocenters. The second-order valence-electron chi connectivity index (χ2n) is 5.77. The summed E-state index contributed by atoms with van der Waals surface area (Å²) < 4.78 is 29.3. The lowest BCUT2D eigenvalue weighted by molar-refractivity contribution is 0.103. The first-order valence-electron chi connectivity index (χ1n) is 8.10. The van der Waals surface area contributed by atoms with Gasteiger partial charge in [0.1, 0.15) is 27.2 Å². The molecule has 0 radical (unpaired) electrons. The molecule has 0 atom stereocenters. The van der Waals surface area contributed by atoms with Crippen LogP contribution in [-0.2, 0) is 0 Å². The SMILES string of the molecule is Cc1nnnn1-c1cc(NC(=O)c2cnc(-c3ccccc3F)s2)ccc1F. The molecule has 2 aromatic carbocycles. The van der Waals surface area contributed by atoms with Crippen LogP contribution in [0.2, 0.25) is 0 Å². The maximum atomic E-state index is 14.1. The second kappa shape index (κ2) is 7.24. The topological polar surface area (TPSA) is 85.6 Å². The number of nitrogens with one attached hydrogen (secondary N) is 1. The predicted octanol–water partition coefficient (Wildman–Crippen LogP) is 3.62. The maximum Gasteiger partial charge on any atom is 0.267 e. The number of rotatable bonds is 4. The van der Waals surface area contributed by atoms with Gasteiger partial charge in [0.2, 0.25) is 0 Å². The number of nitrogens with zero attached hydrogens (tertiary/aromatic N) is 5. The molecule has 2 heterocycles. The van der Waals surface area contributed by atoms with Crippen LogP contribution in [0.15, 0.2) is 48.7 Å². The van der Waals surface area contributed by atoms with Crippen LogP contribution in [0.4, 0.5) is 14.5 Å². The summed E-state index contributed by atoms with van der Waals surface area (Å²) in [5, 5.41) is 14.0. The smallest absolute Gasteiger partial charge is 0.267 e. The van der Waals surface area contributed by atoms with E-state index in [1.165, 1.54) is 35.1 Å². The van der Waals surface area contributed by atoms with E-state index < -0.39 is 17.5 Å². The maximum absolute atomic E-state index is 14.1. The van der Waals surface area contributed by atoms with E-state index in [-0.39, 0.29) is 5.69 Å². The summed E-state index contributed by atoms with van der Waals surface area (Å²) in [7, 11) is 0. The van der Waals surface area contributed by atoms with E-state index in [9.17, 15) is 13.6 Å². The fourth-order valence-electron chi connectivity index (χ4n) is 2.54. The monoisotopic (exact) mass is 398 g/mol. The predicted molar refractivity (Wildman–Crippen MR) is 99.3 cm³/mol. The Kier molecular flexibility index (Phi) is 4.62. The van der Waals surface area contributed by atoms with Crippen LogP contribution in [0.25, 0.3) is 16.3 Å². The molecule has 0 saturated carbocycles. The molecule has 0 bridgehead atoms. The van der Waals surface area contributed by atoms with E-state index in [1.54, 1.807) is 25.1 Å². The van der Waals surface area contributed by atoms with E-state index in [4.69, 9.17) is 0 Å². The highest BCUT2D eigenvalue weighted by atomic mass is 32.1. The summed E-state index contributed by atoms with van der Waals surface area (Å²) >= 11 is 1.06. The van der Waals surface area contributed by atoms with Gasteiger partial charge in [-0.05, 0) is 47.7 Å². The number of carbonyl (C=O) groups excluding carboxylic acids is 1. The second-order valence-corrected chi connectivity index (χ2v) is 6.80. The zero-order chi connectivity index (χ0) is 19.7. The van der Waals surface area contributed by atoms with Crippen molar-refractivity contribution in [3.63, 3.8) is 0 Å². The molecule has 0 spiro atoms. The molecule has 4 rings (SSSR count). The van der Waals surface area contributed by atoms with Crippen LogP contribution in [0, 0.1) is 18.6 Å². The lowest BCUT2D eigenvalue weighted by atomic mass is 10.2. The fraction of sp³-hybridized carbons (Fsp3) is 0.0556.